The average molecular weight is 346 g/mol. The molecular formula is C21H22N4O. The molecule has 26 heavy (non-hydrogen) atoms. The van der Waals surface area contributed by atoms with Crippen molar-refractivity contribution >= 4 is 17.5 Å². The number of nitrogens with zero attached hydrogens (tertiary/aromatic N) is 3. The fourth-order valence-electron chi connectivity index (χ4n) is 2.64. The van der Waals surface area contributed by atoms with Crippen LogP contribution in [0.2, 0.25) is 0 Å². The Hall–Kier alpha value is -3.21. The zero-order valence-electron chi connectivity index (χ0n) is 14.8. The van der Waals surface area contributed by atoms with Gasteiger partial charge in [-0.2, -0.15) is 0 Å². The first-order chi connectivity index (χ1) is 12.7. The lowest BCUT2D eigenvalue weighted by molar-refractivity contribution is 0.0988. The van der Waals surface area contributed by atoms with Gasteiger partial charge in [-0.25, -0.2) is 9.97 Å². The molecule has 2 aromatic carbocycles. The van der Waals surface area contributed by atoms with Gasteiger partial charge in [0.15, 0.2) is 0 Å². The molecule has 0 saturated carbocycles. The molecule has 0 bridgehead atoms. The van der Waals surface area contributed by atoms with Gasteiger partial charge in [0.1, 0.15) is 5.69 Å². The number of anilines is 2. The van der Waals surface area contributed by atoms with Gasteiger partial charge in [0.25, 0.3) is 5.91 Å². The molecule has 5 nitrogen and oxygen atoms in total. The predicted octanol–water partition coefficient (Wildman–Crippen LogP) is 3.80. The number of aryl methyl sites for hydroxylation is 1. The van der Waals surface area contributed by atoms with Crippen LogP contribution in [0.1, 0.15) is 22.5 Å². The first-order valence-electron chi connectivity index (χ1n) is 8.68. The number of amides is 1. The number of carbonyl (C=O) groups excluding carboxylic acids is 1. The Balaban J connectivity index is 1.56. The van der Waals surface area contributed by atoms with Crippen LogP contribution in [0.15, 0.2) is 72.9 Å². The molecule has 1 heterocycles. The van der Waals surface area contributed by atoms with E-state index in [-0.39, 0.29) is 5.91 Å². The summed E-state index contributed by atoms with van der Waals surface area (Å²) in [5, 5.41) is 3.20. The van der Waals surface area contributed by atoms with E-state index in [4.69, 9.17) is 0 Å². The molecule has 132 valence electrons. The Morgan fingerprint density at radius 2 is 1.69 bits per heavy atom. The van der Waals surface area contributed by atoms with Gasteiger partial charge < -0.3 is 10.2 Å². The van der Waals surface area contributed by atoms with Crippen molar-refractivity contribution in [3.8, 4) is 0 Å². The molecule has 3 rings (SSSR count). The monoisotopic (exact) mass is 346 g/mol. The van der Waals surface area contributed by atoms with Crippen LogP contribution in [0, 0.1) is 0 Å². The Kier molecular flexibility index (Phi) is 5.93. The molecule has 3 aromatic rings. The lowest BCUT2D eigenvalue weighted by Gasteiger charge is -2.17. The highest BCUT2D eigenvalue weighted by molar-refractivity contribution is 6.04. The molecule has 0 aliphatic rings. The first kappa shape index (κ1) is 17.6. The second-order valence-corrected chi connectivity index (χ2v) is 5.98. The lowest BCUT2D eigenvalue weighted by Crippen LogP contribution is -2.27. The number of hydrogen-bond donors (Lipinski definition) is 1. The van der Waals surface area contributed by atoms with Gasteiger partial charge in [-0.1, -0.05) is 48.5 Å². The minimum absolute atomic E-state index is 0.161. The highest BCUT2D eigenvalue weighted by Gasteiger charge is 2.15. The smallest absolute Gasteiger partial charge is 0.276 e. The molecular weight excluding hydrogens is 324 g/mol. The van der Waals surface area contributed by atoms with E-state index in [9.17, 15) is 4.79 Å². The summed E-state index contributed by atoms with van der Waals surface area (Å²) >= 11 is 0. The number of aromatic nitrogens is 2. The van der Waals surface area contributed by atoms with Crippen LogP contribution < -0.4 is 10.2 Å². The molecule has 0 saturated heterocycles. The molecule has 0 fully saturated rings. The quantitative estimate of drug-likeness (QED) is 0.661. The summed E-state index contributed by atoms with van der Waals surface area (Å²) in [6.45, 7) is 0.751. The summed E-state index contributed by atoms with van der Waals surface area (Å²) in [5.41, 5.74) is 2.51. The topological polar surface area (TPSA) is 58.1 Å². The van der Waals surface area contributed by atoms with Crippen LogP contribution in [-0.4, -0.2) is 29.5 Å². The number of hydrogen-bond acceptors (Lipinski definition) is 4. The van der Waals surface area contributed by atoms with Gasteiger partial charge in [-0.05, 0) is 36.6 Å². The molecule has 1 aromatic heterocycles. The summed E-state index contributed by atoms with van der Waals surface area (Å²) in [4.78, 5) is 22.8. The van der Waals surface area contributed by atoms with Crippen molar-refractivity contribution in [1.29, 1.82) is 0 Å². The normalized spacial score (nSPS) is 10.3. The fourth-order valence-corrected chi connectivity index (χ4v) is 2.64. The largest absolute Gasteiger partial charge is 0.354 e. The molecule has 5 heteroatoms. The number of benzene rings is 2. The third-order valence-corrected chi connectivity index (χ3v) is 4.09. The van der Waals surface area contributed by atoms with Crippen molar-refractivity contribution < 1.29 is 4.79 Å². The van der Waals surface area contributed by atoms with E-state index in [1.54, 1.807) is 24.2 Å². The highest BCUT2D eigenvalue weighted by Crippen LogP contribution is 2.14. The predicted molar refractivity (Wildman–Crippen MR) is 104 cm³/mol. The van der Waals surface area contributed by atoms with Gasteiger partial charge in [-0.3, -0.25) is 4.79 Å². The SMILES string of the molecule is CN(C(=O)c1ccnc(NCCCc2ccccc2)n1)c1ccccc1. The summed E-state index contributed by atoms with van der Waals surface area (Å²) in [5.74, 6) is 0.316. The van der Waals surface area contributed by atoms with Gasteiger partial charge in [0, 0.05) is 25.5 Å². The third-order valence-electron chi connectivity index (χ3n) is 4.09. The molecule has 0 spiro atoms. The summed E-state index contributed by atoms with van der Waals surface area (Å²) < 4.78 is 0. The van der Waals surface area contributed by atoms with Crippen molar-refractivity contribution in [3.05, 3.63) is 84.2 Å². The Labute approximate surface area is 153 Å². The van der Waals surface area contributed by atoms with Crippen molar-refractivity contribution in [1.82, 2.24) is 9.97 Å². The molecule has 0 aliphatic carbocycles. The Morgan fingerprint density at radius 3 is 2.42 bits per heavy atom. The van der Waals surface area contributed by atoms with Crippen LogP contribution in [0.25, 0.3) is 0 Å². The zero-order valence-corrected chi connectivity index (χ0v) is 14.8. The highest BCUT2D eigenvalue weighted by atomic mass is 16.2. The maximum absolute atomic E-state index is 12.6. The minimum Gasteiger partial charge on any atom is -0.354 e. The maximum Gasteiger partial charge on any atom is 0.276 e. The molecule has 0 unspecified atom stereocenters. The van der Waals surface area contributed by atoms with Gasteiger partial charge in [0.05, 0.1) is 0 Å². The van der Waals surface area contributed by atoms with Crippen LogP contribution in [-0.2, 0) is 6.42 Å². The van der Waals surface area contributed by atoms with E-state index < -0.39 is 0 Å². The molecule has 0 atom stereocenters. The average Bonchev–Trinajstić information content (AvgIpc) is 2.72. The summed E-state index contributed by atoms with van der Waals surface area (Å²) in [7, 11) is 1.74. The number of rotatable bonds is 7. The second kappa shape index (κ2) is 8.76. The van der Waals surface area contributed by atoms with Crippen molar-refractivity contribution in [2.75, 3.05) is 23.8 Å². The van der Waals surface area contributed by atoms with E-state index >= 15 is 0 Å². The number of nitrogens with one attached hydrogen (secondary N) is 1. The van der Waals surface area contributed by atoms with Crippen molar-refractivity contribution in [3.63, 3.8) is 0 Å². The Morgan fingerprint density at radius 1 is 1.00 bits per heavy atom. The second-order valence-electron chi connectivity index (χ2n) is 5.98. The van der Waals surface area contributed by atoms with Crippen molar-refractivity contribution in [2.45, 2.75) is 12.8 Å². The third kappa shape index (κ3) is 4.66. The van der Waals surface area contributed by atoms with Crippen molar-refractivity contribution in [2.24, 2.45) is 0 Å². The van der Waals surface area contributed by atoms with E-state index in [1.807, 2.05) is 48.5 Å². The summed E-state index contributed by atoms with van der Waals surface area (Å²) in [6, 6.07) is 21.5. The van der Waals surface area contributed by atoms with Crippen LogP contribution in [0.5, 0.6) is 0 Å². The van der Waals surface area contributed by atoms with Gasteiger partial charge in [0.2, 0.25) is 5.95 Å². The van der Waals surface area contributed by atoms with Crippen LogP contribution in [0.4, 0.5) is 11.6 Å². The van der Waals surface area contributed by atoms with E-state index in [2.05, 4.69) is 27.4 Å². The number of para-hydroxylation sites is 1. The van der Waals surface area contributed by atoms with Crippen LogP contribution in [0.3, 0.4) is 0 Å². The van der Waals surface area contributed by atoms with E-state index in [0.717, 1.165) is 25.1 Å². The standard InChI is InChI=1S/C21H22N4O/c1-25(18-12-6-3-7-13-18)20(26)19-14-16-23-21(24-19)22-15-8-11-17-9-4-2-5-10-17/h2-7,9-10,12-14,16H,8,11,15H2,1H3,(H,22,23,24). The van der Waals surface area contributed by atoms with Gasteiger partial charge in [-0.15, -0.1) is 0 Å². The number of carbonyl (C=O) groups is 1. The maximum atomic E-state index is 12.6. The fraction of sp³-hybridized carbons (Fsp3) is 0.190. The van der Waals surface area contributed by atoms with E-state index in [0.29, 0.717) is 11.6 Å². The summed E-state index contributed by atoms with van der Waals surface area (Å²) in [6.07, 6.45) is 3.57. The van der Waals surface area contributed by atoms with Gasteiger partial charge >= 0.3 is 0 Å². The Bertz CT molecular complexity index is 837. The first-order valence-corrected chi connectivity index (χ1v) is 8.68. The lowest BCUT2D eigenvalue weighted by atomic mass is 10.1. The molecule has 0 radical (unpaired) electrons. The molecule has 1 N–H and O–H groups in total. The zero-order chi connectivity index (χ0) is 18.2. The van der Waals surface area contributed by atoms with Crippen LogP contribution >= 0.6 is 0 Å². The molecule has 0 aliphatic heterocycles. The minimum atomic E-state index is -0.161. The van der Waals surface area contributed by atoms with E-state index in [1.165, 1.54) is 5.56 Å². The molecule has 1 amide bonds.